The zero-order chi connectivity index (χ0) is 27.0. The third kappa shape index (κ3) is 8.02. The molecule has 2 amide bonds. The highest BCUT2D eigenvalue weighted by Gasteiger charge is 2.35. The lowest BCUT2D eigenvalue weighted by Gasteiger charge is -2.36. The number of hydrogen-bond donors (Lipinski definition) is 3. The van der Waals surface area contributed by atoms with Crippen molar-refractivity contribution in [1.82, 2.24) is 15.1 Å². The summed E-state index contributed by atoms with van der Waals surface area (Å²) >= 11 is 0. The van der Waals surface area contributed by atoms with Crippen molar-refractivity contribution in [3.05, 3.63) is 47.5 Å². The van der Waals surface area contributed by atoms with Crippen LogP contribution < -0.4 is 5.32 Å². The molecule has 3 unspecified atom stereocenters. The minimum Gasteiger partial charge on any atom is -0.447 e. The second-order valence-electron chi connectivity index (χ2n) is 10.3. The summed E-state index contributed by atoms with van der Waals surface area (Å²) in [4.78, 5) is 29.3. The Bertz CT molecular complexity index is 1000. The maximum absolute atomic E-state index is 13.7. The van der Waals surface area contributed by atoms with Crippen molar-refractivity contribution >= 4 is 19.1 Å². The number of rotatable bonds is 9. The number of benzene rings is 1. The van der Waals surface area contributed by atoms with Gasteiger partial charge < -0.3 is 25.0 Å². The lowest BCUT2D eigenvalue weighted by Crippen LogP contribution is -2.50. The van der Waals surface area contributed by atoms with Crippen LogP contribution >= 0.6 is 0 Å². The molecule has 0 aromatic heterocycles. The first-order chi connectivity index (χ1) is 17.6. The monoisotopic (exact) mass is 514 g/mol. The molecular formula is C26H36BFN4O5. The summed E-state index contributed by atoms with van der Waals surface area (Å²) in [5.74, 6) is -1.41. The molecule has 0 spiro atoms. The third-order valence-electron chi connectivity index (χ3n) is 7.05. The minimum atomic E-state index is -1.78. The number of carbonyl (C=O) groups excluding carboxylic acids is 2. The van der Waals surface area contributed by atoms with Gasteiger partial charge in [-0.15, -0.1) is 0 Å². The van der Waals surface area contributed by atoms with E-state index in [-0.39, 0.29) is 25.1 Å². The predicted molar refractivity (Wildman–Crippen MR) is 137 cm³/mol. The topological polar surface area (TPSA) is 126 Å². The Balaban J connectivity index is 1.62. The van der Waals surface area contributed by atoms with Crippen LogP contribution in [0, 0.1) is 11.3 Å². The quantitative estimate of drug-likeness (QED) is 0.261. The highest BCUT2D eigenvalue weighted by molar-refractivity contribution is 6.43. The number of nitrogens with zero attached hydrogens (tertiary/aromatic N) is 3. The minimum absolute atomic E-state index is 0.0185. The zero-order valence-electron chi connectivity index (χ0n) is 21.5. The summed E-state index contributed by atoms with van der Waals surface area (Å²) in [5.41, 5.74) is 0.136. The molecule has 37 heavy (non-hydrogen) atoms. The molecule has 2 fully saturated rings. The molecule has 1 aromatic carbocycles. The Labute approximate surface area is 218 Å². The molecule has 0 radical (unpaired) electrons. The van der Waals surface area contributed by atoms with Crippen molar-refractivity contribution in [2.24, 2.45) is 0 Å². The standard InChI is InChI=1S/C26H36BFN4O5/c1-26(2,31-13-11-21(28)17-31)15-20(16-29)24(33)32-12-7-6-10-22(32)18-37-25(34)30-23(27(35)36)14-19-8-4-3-5-9-19/h3-5,8-9,15,21-23,35-36H,6-7,10-14,17-18H2,1-2H3,(H,30,34). The smallest absolute Gasteiger partial charge is 0.447 e. The SMILES string of the molecule is CC(C)(C=C(C#N)C(=O)N1CCCCC1COC(=O)NC(Cc1ccccc1)B(O)O)N1CCC(F)C1. The second kappa shape index (κ2) is 13.0. The van der Waals surface area contributed by atoms with Crippen LogP contribution in [0.3, 0.4) is 0 Å². The molecule has 2 saturated heterocycles. The number of alkyl carbamates (subject to hydrolysis) is 1. The molecule has 3 rings (SSSR count). The van der Waals surface area contributed by atoms with Crippen molar-refractivity contribution in [3.8, 4) is 6.07 Å². The van der Waals surface area contributed by atoms with E-state index in [9.17, 15) is 29.3 Å². The van der Waals surface area contributed by atoms with Gasteiger partial charge in [-0.25, -0.2) is 9.18 Å². The number of nitrogens with one attached hydrogen (secondary N) is 1. The number of piperidine rings is 1. The van der Waals surface area contributed by atoms with Gasteiger partial charge in [0.05, 0.1) is 12.0 Å². The first-order valence-electron chi connectivity index (χ1n) is 12.8. The normalized spacial score (nSPS) is 21.7. The molecule has 2 aliphatic heterocycles. The van der Waals surface area contributed by atoms with Gasteiger partial charge >= 0.3 is 13.2 Å². The number of amides is 2. The molecule has 0 bridgehead atoms. The molecular weight excluding hydrogens is 478 g/mol. The predicted octanol–water partition coefficient (Wildman–Crippen LogP) is 1.99. The maximum atomic E-state index is 13.7. The molecule has 9 nitrogen and oxygen atoms in total. The summed E-state index contributed by atoms with van der Waals surface area (Å²) in [6.07, 6.45) is 2.71. The van der Waals surface area contributed by atoms with Crippen LogP contribution in [0.4, 0.5) is 9.18 Å². The van der Waals surface area contributed by atoms with Crippen molar-refractivity contribution in [1.29, 1.82) is 5.26 Å². The molecule has 0 saturated carbocycles. The van der Waals surface area contributed by atoms with E-state index in [1.165, 1.54) is 0 Å². The molecule has 0 aliphatic carbocycles. The van der Waals surface area contributed by atoms with Crippen LogP contribution in [0.1, 0.15) is 45.1 Å². The van der Waals surface area contributed by atoms with E-state index >= 15 is 0 Å². The molecule has 2 aliphatic rings. The summed E-state index contributed by atoms with van der Waals surface area (Å²) in [7, 11) is -1.78. The van der Waals surface area contributed by atoms with Gasteiger partial charge in [-0.1, -0.05) is 30.3 Å². The Hall–Kier alpha value is -2.94. The van der Waals surface area contributed by atoms with Crippen LogP contribution in [0.2, 0.25) is 0 Å². The zero-order valence-corrected chi connectivity index (χ0v) is 21.5. The van der Waals surface area contributed by atoms with E-state index in [4.69, 9.17) is 4.74 Å². The fourth-order valence-corrected chi connectivity index (χ4v) is 4.89. The third-order valence-corrected chi connectivity index (χ3v) is 7.05. The summed E-state index contributed by atoms with van der Waals surface area (Å²) in [6.45, 7) is 4.88. The van der Waals surface area contributed by atoms with E-state index in [2.05, 4.69) is 5.32 Å². The highest BCUT2D eigenvalue weighted by atomic mass is 19.1. The molecule has 200 valence electrons. The number of halogens is 1. The van der Waals surface area contributed by atoms with Crippen LogP contribution in [-0.4, -0.2) is 88.9 Å². The summed E-state index contributed by atoms with van der Waals surface area (Å²) < 4.78 is 19.1. The molecule has 3 N–H and O–H groups in total. The van der Waals surface area contributed by atoms with Gasteiger partial charge in [0, 0.05) is 25.2 Å². The van der Waals surface area contributed by atoms with Crippen LogP contribution in [0.15, 0.2) is 42.0 Å². The van der Waals surface area contributed by atoms with Gasteiger partial charge in [0.1, 0.15) is 24.4 Å². The fraction of sp³-hybridized carbons (Fsp3) is 0.577. The van der Waals surface area contributed by atoms with E-state index in [1.807, 2.05) is 55.1 Å². The van der Waals surface area contributed by atoms with Gasteiger partial charge in [-0.05, 0) is 57.6 Å². The van der Waals surface area contributed by atoms with Crippen LogP contribution in [-0.2, 0) is 16.0 Å². The highest BCUT2D eigenvalue weighted by Crippen LogP contribution is 2.26. The number of hydrogen-bond acceptors (Lipinski definition) is 7. The van der Waals surface area contributed by atoms with Gasteiger partial charge in [-0.3, -0.25) is 9.69 Å². The Morgan fingerprint density at radius 1 is 1.27 bits per heavy atom. The number of nitriles is 1. The first-order valence-corrected chi connectivity index (χ1v) is 12.8. The van der Waals surface area contributed by atoms with Crippen molar-refractivity contribution in [2.45, 2.75) is 69.6 Å². The second-order valence-corrected chi connectivity index (χ2v) is 10.3. The van der Waals surface area contributed by atoms with Crippen molar-refractivity contribution in [3.63, 3.8) is 0 Å². The maximum Gasteiger partial charge on any atom is 0.475 e. The molecule has 3 atom stereocenters. The van der Waals surface area contributed by atoms with Crippen molar-refractivity contribution < 1.29 is 28.8 Å². The van der Waals surface area contributed by atoms with Gasteiger partial charge in [0.2, 0.25) is 0 Å². The van der Waals surface area contributed by atoms with E-state index < -0.39 is 42.8 Å². The average molecular weight is 514 g/mol. The van der Waals surface area contributed by atoms with E-state index in [1.54, 1.807) is 11.0 Å². The largest absolute Gasteiger partial charge is 0.475 e. The van der Waals surface area contributed by atoms with Crippen molar-refractivity contribution in [2.75, 3.05) is 26.2 Å². The molecule has 2 heterocycles. The Morgan fingerprint density at radius 3 is 2.62 bits per heavy atom. The Morgan fingerprint density at radius 2 is 2.00 bits per heavy atom. The lowest BCUT2D eigenvalue weighted by molar-refractivity contribution is -0.131. The number of carbonyl (C=O) groups is 2. The average Bonchev–Trinajstić information content (AvgIpc) is 3.33. The van der Waals surface area contributed by atoms with E-state index in [0.29, 0.717) is 25.9 Å². The number of likely N-dealkylation sites (tertiary alicyclic amines) is 2. The van der Waals surface area contributed by atoms with Gasteiger partial charge in [0.15, 0.2) is 0 Å². The van der Waals surface area contributed by atoms with Crippen LogP contribution in [0.25, 0.3) is 0 Å². The van der Waals surface area contributed by atoms with E-state index in [0.717, 1.165) is 18.4 Å². The number of alkyl halides is 1. The van der Waals surface area contributed by atoms with Gasteiger partial charge in [-0.2, -0.15) is 5.26 Å². The summed E-state index contributed by atoms with van der Waals surface area (Å²) in [6, 6.07) is 10.7. The van der Waals surface area contributed by atoms with Gasteiger partial charge in [0.25, 0.3) is 5.91 Å². The summed E-state index contributed by atoms with van der Waals surface area (Å²) in [5, 5.41) is 31.6. The lowest BCUT2D eigenvalue weighted by atomic mass is 9.76. The molecule has 11 heteroatoms. The molecule has 1 aromatic rings. The Kier molecular flexibility index (Phi) is 10.1. The number of ether oxygens (including phenoxy) is 1. The fourth-order valence-electron chi connectivity index (χ4n) is 4.89. The first kappa shape index (κ1) is 28.6. The van der Waals surface area contributed by atoms with Crippen LogP contribution in [0.5, 0.6) is 0 Å².